The first kappa shape index (κ1) is 15.1. The third-order valence-electron chi connectivity index (χ3n) is 7.31. The van der Waals surface area contributed by atoms with Crippen LogP contribution in [0.3, 0.4) is 0 Å². The minimum Gasteiger partial charge on any atom is -0.319 e. The largest absolute Gasteiger partial charge is 0.319 e. The molecule has 1 saturated heterocycles. The number of piperidine rings is 1. The van der Waals surface area contributed by atoms with Crippen molar-refractivity contribution in [2.75, 3.05) is 6.54 Å². The lowest BCUT2D eigenvalue weighted by Crippen LogP contribution is -2.54. The molecule has 1 heterocycles. The number of carbonyl (C=O) groups excluding carboxylic acids is 1. The van der Waals surface area contributed by atoms with Crippen molar-refractivity contribution >= 4 is 11.6 Å². The van der Waals surface area contributed by atoms with Gasteiger partial charge in [-0.2, -0.15) is 5.26 Å². The van der Waals surface area contributed by atoms with E-state index in [2.05, 4.69) is 19.9 Å². The van der Waals surface area contributed by atoms with Crippen LogP contribution in [0.1, 0.15) is 43.5 Å². The van der Waals surface area contributed by atoms with Gasteiger partial charge < -0.3 is 4.90 Å². The van der Waals surface area contributed by atoms with Crippen LogP contribution in [0.4, 0.5) is 5.69 Å². The molecule has 2 aliphatic carbocycles. The van der Waals surface area contributed by atoms with Crippen molar-refractivity contribution in [2.45, 2.75) is 38.6 Å². The van der Waals surface area contributed by atoms with Crippen LogP contribution in [0.15, 0.2) is 24.3 Å². The molecule has 3 aliphatic rings. The van der Waals surface area contributed by atoms with Crippen molar-refractivity contribution in [3.05, 3.63) is 39.9 Å². The molecule has 1 amide bonds. The second kappa shape index (κ2) is 4.35. The number of nitriles is 1. The van der Waals surface area contributed by atoms with E-state index < -0.39 is 10.5 Å². The zero-order valence-electron chi connectivity index (χ0n) is 13.8. The van der Waals surface area contributed by atoms with Crippen LogP contribution >= 0.6 is 0 Å². The molecular weight excluding hydrogens is 306 g/mol. The van der Waals surface area contributed by atoms with Gasteiger partial charge in [0.15, 0.2) is 0 Å². The third-order valence-corrected chi connectivity index (χ3v) is 7.31. The normalized spacial score (nSPS) is 39.0. The van der Waals surface area contributed by atoms with Crippen molar-refractivity contribution in [1.82, 2.24) is 4.90 Å². The molecule has 6 nitrogen and oxygen atoms in total. The van der Waals surface area contributed by atoms with Gasteiger partial charge in [0.25, 0.3) is 11.6 Å². The number of rotatable bonds is 2. The topological polar surface area (TPSA) is 87.2 Å². The number of non-ortho nitro benzene ring substituents is 1. The highest BCUT2D eigenvalue weighted by molar-refractivity contribution is 5.96. The zero-order valence-corrected chi connectivity index (χ0v) is 13.8. The standard InChI is InChI=1S/C18H19N3O3/c1-16-11-20(15(22)12-3-5-14(6-4-12)21(23)24)18(10-19)9-13(16)7-8-17(16,18)2/h3-6,13H,7-9,11H2,1-2H3. The fourth-order valence-corrected chi connectivity index (χ4v) is 5.64. The summed E-state index contributed by atoms with van der Waals surface area (Å²) in [6.45, 7) is 4.97. The molecule has 6 heteroatoms. The van der Waals surface area contributed by atoms with Crippen LogP contribution in [-0.2, 0) is 0 Å². The smallest absolute Gasteiger partial charge is 0.269 e. The summed E-state index contributed by atoms with van der Waals surface area (Å²) in [5, 5.41) is 20.8. The quantitative estimate of drug-likeness (QED) is 0.617. The number of nitrogens with zero attached hydrogens (tertiary/aromatic N) is 3. The predicted octanol–water partition coefficient (Wildman–Crippen LogP) is 3.14. The molecule has 24 heavy (non-hydrogen) atoms. The van der Waals surface area contributed by atoms with Gasteiger partial charge in [0, 0.05) is 29.7 Å². The van der Waals surface area contributed by atoms with Crippen LogP contribution < -0.4 is 0 Å². The Labute approximate surface area is 140 Å². The molecule has 2 saturated carbocycles. The number of nitro groups is 1. The lowest BCUT2D eigenvalue weighted by Gasteiger charge is -2.43. The molecule has 1 aromatic rings. The monoisotopic (exact) mass is 325 g/mol. The second-order valence-electron chi connectivity index (χ2n) is 7.86. The highest BCUT2D eigenvalue weighted by Gasteiger charge is 2.78. The van der Waals surface area contributed by atoms with Gasteiger partial charge in [0.1, 0.15) is 5.54 Å². The summed E-state index contributed by atoms with van der Waals surface area (Å²) in [5.41, 5.74) is -0.563. The number of nitro benzene ring substituents is 1. The molecule has 4 rings (SSSR count). The van der Waals surface area contributed by atoms with Crippen LogP contribution in [0.5, 0.6) is 0 Å². The Bertz CT molecular complexity index is 799. The average Bonchev–Trinajstić information content (AvgIpc) is 3.03. The Morgan fingerprint density at radius 3 is 2.58 bits per heavy atom. The van der Waals surface area contributed by atoms with Gasteiger partial charge >= 0.3 is 0 Å². The van der Waals surface area contributed by atoms with Crippen molar-refractivity contribution in [2.24, 2.45) is 16.7 Å². The highest BCUT2D eigenvalue weighted by atomic mass is 16.6. The summed E-state index contributed by atoms with van der Waals surface area (Å²) in [4.78, 5) is 25.1. The number of hydrogen-bond donors (Lipinski definition) is 0. The molecule has 4 atom stereocenters. The maximum Gasteiger partial charge on any atom is 0.269 e. The summed E-state index contributed by atoms with van der Waals surface area (Å²) in [6, 6.07) is 8.15. The average molecular weight is 325 g/mol. The van der Waals surface area contributed by atoms with Crippen molar-refractivity contribution in [1.29, 1.82) is 5.26 Å². The minimum absolute atomic E-state index is 0.0147. The van der Waals surface area contributed by atoms with Crippen molar-refractivity contribution < 1.29 is 9.72 Å². The Morgan fingerprint density at radius 2 is 2.04 bits per heavy atom. The first-order valence-electron chi connectivity index (χ1n) is 8.27. The van der Waals surface area contributed by atoms with E-state index in [1.54, 1.807) is 4.90 Å². The zero-order chi connectivity index (χ0) is 17.3. The second-order valence-corrected chi connectivity index (χ2v) is 7.86. The maximum atomic E-state index is 13.0. The third kappa shape index (κ3) is 1.44. The Hall–Kier alpha value is -2.42. The van der Waals surface area contributed by atoms with Gasteiger partial charge in [0.05, 0.1) is 11.0 Å². The molecule has 0 spiro atoms. The van der Waals surface area contributed by atoms with Gasteiger partial charge in [-0.25, -0.2) is 0 Å². The molecule has 1 aliphatic heterocycles. The lowest BCUT2D eigenvalue weighted by molar-refractivity contribution is -0.384. The first-order chi connectivity index (χ1) is 11.3. The first-order valence-corrected chi connectivity index (χ1v) is 8.27. The van der Waals surface area contributed by atoms with Crippen LogP contribution in [0.25, 0.3) is 0 Å². The van der Waals surface area contributed by atoms with Gasteiger partial charge in [-0.3, -0.25) is 14.9 Å². The van der Waals surface area contributed by atoms with Gasteiger partial charge in [-0.1, -0.05) is 13.8 Å². The van der Waals surface area contributed by atoms with Gasteiger partial charge in [0.2, 0.25) is 0 Å². The lowest BCUT2D eigenvalue weighted by atomic mass is 9.66. The summed E-state index contributed by atoms with van der Waals surface area (Å²) in [5.74, 6) is 0.310. The number of hydrogen-bond acceptors (Lipinski definition) is 4. The van der Waals surface area contributed by atoms with E-state index in [9.17, 15) is 20.2 Å². The summed E-state index contributed by atoms with van der Waals surface area (Å²) < 4.78 is 0. The van der Waals surface area contributed by atoms with E-state index in [1.165, 1.54) is 24.3 Å². The van der Waals surface area contributed by atoms with Crippen molar-refractivity contribution in [3.8, 4) is 6.07 Å². The molecule has 1 aromatic carbocycles. The molecule has 0 N–H and O–H groups in total. The Kier molecular flexibility index (Phi) is 2.74. The molecule has 3 fully saturated rings. The van der Waals surface area contributed by atoms with Gasteiger partial charge in [-0.05, 0) is 42.7 Å². The molecular formula is C18H19N3O3. The maximum absolute atomic E-state index is 13.0. The molecule has 0 radical (unpaired) electrons. The predicted molar refractivity (Wildman–Crippen MR) is 86.0 cm³/mol. The van der Waals surface area contributed by atoms with E-state index >= 15 is 0 Å². The number of benzene rings is 1. The number of carbonyl (C=O) groups is 1. The Morgan fingerprint density at radius 1 is 1.38 bits per heavy atom. The van der Waals surface area contributed by atoms with E-state index in [0.717, 1.165) is 19.3 Å². The summed E-state index contributed by atoms with van der Waals surface area (Å²) in [7, 11) is 0. The molecule has 4 unspecified atom stereocenters. The minimum atomic E-state index is -0.747. The van der Waals surface area contributed by atoms with E-state index in [4.69, 9.17) is 0 Å². The molecule has 124 valence electrons. The fraction of sp³-hybridized carbons (Fsp3) is 0.556. The van der Waals surface area contributed by atoms with Crippen molar-refractivity contribution in [3.63, 3.8) is 0 Å². The fourth-order valence-electron chi connectivity index (χ4n) is 5.64. The Balaban J connectivity index is 1.72. The summed E-state index contributed by atoms with van der Waals surface area (Å²) >= 11 is 0. The van der Waals surface area contributed by atoms with Crippen LogP contribution in [0.2, 0.25) is 0 Å². The molecule has 4 bridgehead atoms. The van der Waals surface area contributed by atoms with Crippen LogP contribution in [-0.4, -0.2) is 27.8 Å². The van der Waals surface area contributed by atoms with Gasteiger partial charge in [-0.15, -0.1) is 0 Å². The number of amides is 1. The van der Waals surface area contributed by atoms with Crippen LogP contribution in [0, 0.1) is 38.2 Å². The molecule has 0 aromatic heterocycles. The van der Waals surface area contributed by atoms with E-state index in [1.807, 2.05) is 0 Å². The van der Waals surface area contributed by atoms with E-state index in [-0.39, 0.29) is 22.4 Å². The summed E-state index contributed by atoms with van der Waals surface area (Å²) in [6.07, 6.45) is 2.86. The highest BCUT2D eigenvalue weighted by Crippen LogP contribution is 2.75. The van der Waals surface area contributed by atoms with E-state index in [0.29, 0.717) is 18.0 Å². The number of likely N-dealkylation sites (tertiary alicyclic amines) is 1. The SMILES string of the molecule is CC12CN(C(=O)c3ccc([N+](=O)[O-])cc3)C3(C#N)CC1CCC23C.